The lowest BCUT2D eigenvalue weighted by Gasteiger charge is -2.13. The van der Waals surface area contributed by atoms with Gasteiger partial charge < -0.3 is 0 Å². The molecule has 0 unspecified atom stereocenters. The van der Waals surface area contributed by atoms with Crippen molar-refractivity contribution in [2.75, 3.05) is 0 Å². The van der Waals surface area contributed by atoms with E-state index >= 15 is 0 Å². The number of fused-ring (bicyclic) bond motifs is 1. The van der Waals surface area contributed by atoms with Crippen LogP contribution in [0.1, 0.15) is 16.8 Å². The maximum atomic E-state index is 12.6. The van der Waals surface area contributed by atoms with Gasteiger partial charge in [0.2, 0.25) is 0 Å². The van der Waals surface area contributed by atoms with E-state index in [0.29, 0.717) is 22.1 Å². The molecule has 0 spiro atoms. The Hall–Kier alpha value is -3.42. The van der Waals surface area contributed by atoms with Gasteiger partial charge in [-0.25, -0.2) is 4.98 Å². The average Bonchev–Trinajstić information content (AvgIpc) is 3.23. The van der Waals surface area contributed by atoms with Crippen LogP contribution in [-0.4, -0.2) is 24.1 Å². The molecule has 0 fully saturated rings. The number of nitrogens with zero attached hydrogens (tertiary/aromatic N) is 5. The largest absolute Gasteiger partial charge is 0.270 e. The van der Waals surface area contributed by atoms with E-state index in [1.165, 1.54) is 11.8 Å². The first kappa shape index (κ1) is 21.4. The second-order valence-corrected chi connectivity index (χ2v) is 9.07. The molecule has 0 aliphatic rings. The molecule has 0 saturated heterocycles. The molecule has 33 heavy (non-hydrogen) atoms. The van der Waals surface area contributed by atoms with Crippen molar-refractivity contribution in [3.8, 4) is 17.1 Å². The fourth-order valence-corrected chi connectivity index (χ4v) is 4.67. The third-order valence-corrected chi connectivity index (χ3v) is 6.60. The molecule has 3 heterocycles. The molecule has 0 aliphatic heterocycles. The molecule has 5 aromatic rings. The number of aromatic nitrogens is 5. The van der Waals surface area contributed by atoms with E-state index in [1.807, 2.05) is 66.1 Å². The SMILES string of the molecule is Cc1ccccc1-n1c(SCc2cc(=O)n3cccc(C)c3n2)nnc1-c1ccc(Cl)cc1. The summed E-state index contributed by atoms with van der Waals surface area (Å²) in [7, 11) is 0. The number of rotatable bonds is 5. The third-order valence-electron chi connectivity index (χ3n) is 5.38. The summed E-state index contributed by atoms with van der Waals surface area (Å²) < 4.78 is 3.61. The van der Waals surface area contributed by atoms with Crippen LogP contribution >= 0.6 is 23.4 Å². The van der Waals surface area contributed by atoms with Gasteiger partial charge in [-0.2, -0.15) is 0 Å². The van der Waals surface area contributed by atoms with Gasteiger partial charge in [0.25, 0.3) is 5.56 Å². The summed E-state index contributed by atoms with van der Waals surface area (Å²) >= 11 is 7.59. The molecule has 0 amide bonds. The number of hydrogen-bond donors (Lipinski definition) is 0. The second kappa shape index (κ2) is 8.84. The van der Waals surface area contributed by atoms with E-state index in [1.54, 1.807) is 16.7 Å². The van der Waals surface area contributed by atoms with Crippen LogP contribution in [0.5, 0.6) is 0 Å². The predicted octanol–water partition coefficient (Wildman–Crippen LogP) is 5.50. The van der Waals surface area contributed by atoms with Crippen LogP contribution in [0.15, 0.2) is 82.9 Å². The van der Waals surface area contributed by atoms with Gasteiger partial charge in [-0.3, -0.25) is 13.8 Å². The summed E-state index contributed by atoms with van der Waals surface area (Å²) in [5, 5.41) is 10.4. The molecule has 5 rings (SSSR count). The molecule has 0 bridgehead atoms. The van der Waals surface area contributed by atoms with Crippen LogP contribution in [0.3, 0.4) is 0 Å². The molecule has 0 N–H and O–H groups in total. The number of pyridine rings is 1. The summed E-state index contributed by atoms with van der Waals surface area (Å²) in [6.45, 7) is 4.01. The van der Waals surface area contributed by atoms with Crippen molar-refractivity contribution in [3.05, 3.63) is 105 Å². The first-order chi connectivity index (χ1) is 16.0. The van der Waals surface area contributed by atoms with Crippen molar-refractivity contribution in [2.24, 2.45) is 0 Å². The summed E-state index contributed by atoms with van der Waals surface area (Å²) in [4.78, 5) is 17.3. The van der Waals surface area contributed by atoms with Crippen LogP contribution in [0.25, 0.3) is 22.7 Å². The maximum absolute atomic E-state index is 12.6. The van der Waals surface area contributed by atoms with Gasteiger partial charge in [0.15, 0.2) is 11.0 Å². The minimum absolute atomic E-state index is 0.0958. The highest BCUT2D eigenvalue weighted by atomic mass is 35.5. The van der Waals surface area contributed by atoms with Gasteiger partial charge >= 0.3 is 0 Å². The molecular formula is C25H20ClN5OS. The van der Waals surface area contributed by atoms with Crippen molar-refractivity contribution >= 4 is 29.0 Å². The zero-order chi connectivity index (χ0) is 22.9. The molecule has 2 aromatic carbocycles. The quantitative estimate of drug-likeness (QED) is 0.315. The van der Waals surface area contributed by atoms with E-state index in [4.69, 9.17) is 16.6 Å². The summed E-state index contributed by atoms with van der Waals surface area (Å²) in [5.74, 6) is 1.22. The Morgan fingerprint density at radius 1 is 0.939 bits per heavy atom. The molecule has 8 heteroatoms. The van der Waals surface area contributed by atoms with Crippen LogP contribution in [0.4, 0.5) is 0 Å². The zero-order valence-corrected chi connectivity index (χ0v) is 19.6. The van der Waals surface area contributed by atoms with Gasteiger partial charge in [0, 0.05) is 28.6 Å². The van der Waals surface area contributed by atoms with E-state index < -0.39 is 0 Å². The number of aryl methyl sites for hydroxylation is 2. The molecule has 0 aliphatic carbocycles. The van der Waals surface area contributed by atoms with Crippen LogP contribution < -0.4 is 5.56 Å². The fourth-order valence-electron chi connectivity index (χ4n) is 3.70. The standard InChI is InChI=1S/C25H20ClN5OS/c1-16-6-3-4-8-21(16)31-24(18-9-11-19(26)12-10-18)28-29-25(31)33-15-20-14-22(32)30-13-5-7-17(2)23(30)27-20/h3-14H,15H2,1-2H3. The van der Waals surface area contributed by atoms with E-state index in [-0.39, 0.29) is 5.56 Å². The van der Waals surface area contributed by atoms with Gasteiger partial charge in [0.1, 0.15) is 5.65 Å². The minimum Gasteiger partial charge on any atom is -0.270 e. The fraction of sp³-hybridized carbons (Fsp3) is 0.120. The molecule has 164 valence electrons. The Balaban J connectivity index is 1.56. The lowest BCUT2D eigenvalue weighted by atomic mass is 10.1. The highest BCUT2D eigenvalue weighted by Crippen LogP contribution is 2.31. The predicted molar refractivity (Wildman–Crippen MR) is 132 cm³/mol. The van der Waals surface area contributed by atoms with Gasteiger partial charge in [-0.1, -0.05) is 47.6 Å². The second-order valence-electron chi connectivity index (χ2n) is 7.69. The lowest BCUT2D eigenvalue weighted by Crippen LogP contribution is -2.15. The third kappa shape index (κ3) is 4.17. The van der Waals surface area contributed by atoms with Crippen LogP contribution in [0.2, 0.25) is 5.02 Å². The van der Waals surface area contributed by atoms with Crippen molar-refractivity contribution in [1.29, 1.82) is 0 Å². The highest BCUT2D eigenvalue weighted by molar-refractivity contribution is 7.98. The average molecular weight is 474 g/mol. The number of thioether (sulfide) groups is 1. The Morgan fingerprint density at radius 2 is 1.70 bits per heavy atom. The lowest BCUT2D eigenvalue weighted by molar-refractivity contribution is 0.879. The van der Waals surface area contributed by atoms with Gasteiger partial charge in [-0.15, -0.1) is 10.2 Å². The van der Waals surface area contributed by atoms with Gasteiger partial charge in [-0.05, 0) is 61.4 Å². The molecule has 6 nitrogen and oxygen atoms in total. The Morgan fingerprint density at radius 3 is 2.48 bits per heavy atom. The number of para-hydroxylation sites is 1. The highest BCUT2D eigenvalue weighted by Gasteiger charge is 2.18. The van der Waals surface area contributed by atoms with E-state index in [2.05, 4.69) is 23.2 Å². The minimum atomic E-state index is -0.0958. The van der Waals surface area contributed by atoms with Crippen molar-refractivity contribution in [1.82, 2.24) is 24.1 Å². The molecule has 0 atom stereocenters. The monoisotopic (exact) mass is 473 g/mol. The van der Waals surface area contributed by atoms with E-state index in [0.717, 1.165) is 33.4 Å². The van der Waals surface area contributed by atoms with Crippen LogP contribution in [0, 0.1) is 13.8 Å². The molecular weight excluding hydrogens is 454 g/mol. The first-order valence-corrected chi connectivity index (χ1v) is 11.8. The Labute approximate surface area is 199 Å². The Kier molecular flexibility index (Phi) is 5.74. The number of benzene rings is 2. The Bertz CT molecular complexity index is 1520. The van der Waals surface area contributed by atoms with Gasteiger partial charge in [0.05, 0.1) is 11.4 Å². The normalized spacial score (nSPS) is 11.2. The topological polar surface area (TPSA) is 65.1 Å². The van der Waals surface area contributed by atoms with E-state index in [9.17, 15) is 4.79 Å². The van der Waals surface area contributed by atoms with Crippen LogP contribution in [-0.2, 0) is 5.75 Å². The molecule has 0 saturated carbocycles. The summed E-state index contributed by atoms with van der Waals surface area (Å²) in [6, 6.07) is 21.0. The maximum Gasteiger partial charge on any atom is 0.258 e. The summed E-state index contributed by atoms with van der Waals surface area (Å²) in [6.07, 6.45) is 1.74. The van der Waals surface area contributed by atoms with Crippen molar-refractivity contribution in [2.45, 2.75) is 24.8 Å². The first-order valence-electron chi connectivity index (χ1n) is 10.4. The number of hydrogen-bond acceptors (Lipinski definition) is 5. The molecule has 3 aromatic heterocycles. The number of halogens is 1. The summed E-state index contributed by atoms with van der Waals surface area (Å²) in [5.41, 5.74) is 5.25. The van der Waals surface area contributed by atoms with Crippen molar-refractivity contribution in [3.63, 3.8) is 0 Å². The molecule has 0 radical (unpaired) electrons. The van der Waals surface area contributed by atoms with Crippen molar-refractivity contribution < 1.29 is 0 Å². The smallest absolute Gasteiger partial charge is 0.258 e. The zero-order valence-electron chi connectivity index (χ0n) is 18.1.